The molecule has 0 bridgehead atoms. The van der Waals surface area contributed by atoms with Gasteiger partial charge in [0.1, 0.15) is 12.4 Å². The van der Waals surface area contributed by atoms with E-state index in [1.165, 1.54) is 22.0 Å². The molecule has 1 unspecified atom stereocenters. The Labute approximate surface area is 269 Å². The zero-order chi connectivity index (χ0) is 32.5. The molecular formula is C32H31ClN8O5. The van der Waals surface area contributed by atoms with Crippen molar-refractivity contribution in [1.82, 2.24) is 30.4 Å². The largest absolute Gasteiger partial charge is 0.481 e. The Bertz CT molecular complexity index is 1710. The zero-order valence-corrected chi connectivity index (χ0v) is 25.3. The van der Waals surface area contributed by atoms with Gasteiger partial charge in [0.15, 0.2) is 0 Å². The van der Waals surface area contributed by atoms with Crippen LogP contribution < -0.4 is 16.0 Å². The summed E-state index contributed by atoms with van der Waals surface area (Å²) in [7, 11) is 0. The second kappa shape index (κ2) is 14.9. The molecule has 13 nitrogen and oxygen atoms in total. The van der Waals surface area contributed by atoms with E-state index in [4.69, 9.17) is 11.6 Å². The first-order valence-electron chi connectivity index (χ1n) is 14.5. The lowest BCUT2D eigenvalue weighted by molar-refractivity contribution is -0.143. The van der Waals surface area contributed by atoms with Gasteiger partial charge in [-0.2, -0.15) is 4.68 Å². The molecule has 4 aromatic rings. The van der Waals surface area contributed by atoms with Crippen LogP contribution in [0.1, 0.15) is 24.0 Å². The highest BCUT2D eigenvalue weighted by atomic mass is 35.5. The van der Waals surface area contributed by atoms with Crippen molar-refractivity contribution < 1.29 is 24.3 Å². The molecule has 1 aliphatic heterocycles. The van der Waals surface area contributed by atoms with Crippen molar-refractivity contribution in [3.63, 3.8) is 0 Å². The summed E-state index contributed by atoms with van der Waals surface area (Å²) in [6, 6.07) is 19.6. The summed E-state index contributed by atoms with van der Waals surface area (Å²) in [5, 5.41) is 29.3. The second-order valence-corrected chi connectivity index (χ2v) is 11.1. The van der Waals surface area contributed by atoms with E-state index >= 15 is 0 Å². The fourth-order valence-electron chi connectivity index (χ4n) is 5.02. The van der Waals surface area contributed by atoms with Crippen molar-refractivity contribution in [3.8, 4) is 5.69 Å². The van der Waals surface area contributed by atoms with Crippen LogP contribution in [0.2, 0.25) is 5.02 Å². The standard InChI is InChI=1S/C32H31ClN8O5/c33-24-9-14-28(41-20-34-38-39-41)22(18-24)8-15-29(42)37-27(17-21-5-2-1-3-6-21)30(43)35-25-10-12-26(13-11-25)36-32(46)40-16-4-7-23(19-40)31(44)45/h1-3,5-6,8-15,18,20,23,27H,4,7,16-17,19H2,(H,35,43)(H,36,46)(H,37,42)(H,44,45)/b15-8+/t23?,27-/m0/s1. The first-order chi connectivity index (χ1) is 22.2. The lowest BCUT2D eigenvalue weighted by Crippen LogP contribution is -2.44. The van der Waals surface area contributed by atoms with Gasteiger partial charge in [0, 0.05) is 47.5 Å². The number of benzene rings is 3. The van der Waals surface area contributed by atoms with Crippen LogP contribution in [-0.4, -0.2) is 73.2 Å². The Balaban J connectivity index is 1.24. The maximum absolute atomic E-state index is 13.4. The number of urea groups is 1. The van der Waals surface area contributed by atoms with E-state index in [9.17, 15) is 24.3 Å². The number of anilines is 2. The summed E-state index contributed by atoms with van der Waals surface area (Å²) < 4.78 is 1.44. The smallest absolute Gasteiger partial charge is 0.321 e. The van der Waals surface area contributed by atoms with E-state index in [1.807, 2.05) is 30.3 Å². The number of rotatable bonds is 10. The number of carboxylic acids is 1. The second-order valence-electron chi connectivity index (χ2n) is 10.7. The lowest BCUT2D eigenvalue weighted by Gasteiger charge is -2.30. The number of carbonyl (C=O) groups excluding carboxylic acids is 3. The highest BCUT2D eigenvalue weighted by Gasteiger charge is 2.28. The van der Waals surface area contributed by atoms with E-state index in [1.54, 1.807) is 48.5 Å². The fraction of sp³-hybridized carbons (Fsp3) is 0.219. The van der Waals surface area contributed by atoms with Gasteiger partial charge in [-0.1, -0.05) is 41.9 Å². The van der Waals surface area contributed by atoms with Crippen molar-refractivity contribution in [2.45, 2.75) is 25.3 Å². The molecule has 5 rings (SSSR count). The van der Waals surface area contributed by atoms with Crippen molar-refractivity contribution in [2.75, 3.05) is 23.7 Å². The molecule has 236 valence electrons. The van der Waals surface area contributed by atoms with Crippen LogP contribution in [0, 0.1) is 5.92 Å². The number of nitrogens with one attached hydrogen (secondary N) is 3. The number of halogens is 1. The summed E-state index contributed by atoms with van der Waals surface area (Å²) in [4.78, 5) is 52.0. The van der Waals surface area contributed by atoms with Crippen molar-refractivity contribution in [2.24, 2.45) is 5.92 Å². The lowest BCUT2D eigenvalue weighted by atomic mass is 9.99. The minimum atomic E-state index is -0.918. The van der Waals surface area contributed by atoms with E-state index in [0.717, 1.165) is 5.56 Å². The number of aromatic nitrogens is 4. The summed E-state index contributed by atoms with van der Waals surface area (Å²) in [5.74, 6) is -2.43. The number of carboxylic acid groups (broad SMARTS) is 1. The first-order valence-corrected chi connectivity index (χ1v) is 14.9. The topological polar surface area (TPSA) is 171 Å². The monoisotopic (exact) mass is 642 g/mol. The van der Waals surface area contributed by atoms with Gasteiger partial charge in [0.05, 0.1) is 11.6 Å². The average Bonchev–Trinajstić information content (AvgIpc) is 3.60. The number of aliphatic carboxylic acids is 1. The summed E-state index contributed by atoms with van der Waals surface area (Å²) >= 11 is 6.18. The van der Waals surface area contributed by atoms with Gasteiger partial charge in [-0.15, -0.1) is 5.10 Å². The molecule has 14 heteroatoms. The summed E-state index contributed by atoms with van der Waals surface area (Å²) in [6.45, 7) is 0.631. The number of amides is 4. The van der Waals surface area contributed by atoms with E-state index in [-0.39, 0.29) is 19.0 Å². The van der Waals surface area contributed by atoms with E-state index < -0.39 is 29.7 Å². The quantitative estimate of drug-likeness (QED) is 0.188. The molecule has 3 aromatic carbocycles. The first kappa shape index (κ1) is 31.9. The maximum Gasteiger partial charge on any atom is 0.321 e. The van der Waals surface area contributed by atoms with Gasteiger partial charge in [-0.3, -0.25) is 14.4 Å². The Kier molecular flexibility index (Phi) is 10.4. The van der Waals surface area contributed by atoms with Gasteiger partial charge in [-0.25, -0.2) is 4.79 Å². The molecule has 4 amide bonds. The molecule has 1 aliphatic rings. The van der Waals surface area contributed by atoms with E-state index in [2.05, 4.69) is 31.5 Å². The molecule has 0 spiro atoms. The molecule has 1 fully saturated rings. The minimum absolute atomic E-state index is 0.151. The molecule has 2 atom stereocenters. The zero-order valence-electron chi connectivity index (χ0n) is 24.5. The third-order valence-electron chi connectivity index (χ3n) is 7.38. The molecule has 0 aliphatic carbocycles. The Hall–Kier alpha value is -5.56. The molecule has 2 heterocycles. The number of nitrogens with zero attached hydrogens (tertiary/aromatic N) is 5. The third kappa shape index (κ3) is 8.54. The van der Waals surface area contributed by atoms with Crippen LogP contribution in [0.5, 0.6) is 0 Å². The number of likely N-dealkylation sites (tertiary alicyclic amines) is 1. The van der Waals surface area contributed by atoms with Gasteiger partial charge >= 0.3 is 12.0 Å². The molecular weight excluding hydrogens is 612 g/mol. The maximum atomic E-state index is 13.4. The third-order valence-corrected chi connectivity index (χ3v) is 7.61. The summed E-state index contributed by atoms with van der Waals surface area (Å²) in [6.07, 6.45) is 5.69. The predicted octanol–water partition coefficient (Wildman–Crippen LogP) is 4.02. The number of hydrogen-bond donors (Lipinski definition) is 4. The van der Waals surface area contributed by atoms with Gasteiger partial charge in [0.25, 0.3) is 0 Å². The normalized spacial score (nSPS) is 15.2. The molecule has 1 saturated heterocycles. The number of piperidine rings is 1. The number of tetrazole rings is 1. The number of carbonyl (C=O) groups is 4. The Morgan fingerprint density at radius 2 is 1.74 bits per heavy atom. The van der Waals surface area contributed by atoms with Crippen LogP contribution >= 0.6 is 11.6 Å². The van der Waals surface area contributed by atoms with Crippen molar-refractivity contribution in [3.05, 3.63) is 101 Å². The predicted molar refractivity (Wildman–Crippen MR) is 171 cm³/mol. The van der Waals surface area contributed by atoms with Crippen LogP contribution in [0.15, 0.2) is 85.2 Å². The molecule has 4 N–H and O–H groups in total. The van der Waals surface area contributed by atoms with Crippen LogP contribution in [0.3, 0.4) is 0 Å². The van der Waals surface area contributed by atoms with Crippen molar-refractivity contribution in [1.29, 1.82) is 0 Å². The van der Waals surface area contributed by atoms with Crippen LogP contribution in [0.25, 0.3) is 11.8 Å². The molecule has 1 aromatic heterocycles. The summed E-state index contributed by atoms with van der Waals surface area (Å²) in [5.41, 5.74) is 3.00. The Morgan fingerprint density at radius 3 is 2.43 bits per heavy atom. The minimum Gasteiger partial charge on any atom is -0.481 e. The van der Waals surface area contributed by atoms with Crippen molar-refractivity contribution >= 4 is 52.9 Å². The average molecular weight is 643 g/mol. The van der Waals surface area contributed by atoms with Gasteiger partial charge in [0.2, 0.25) is 11.8 Å². The SMILES string of the molecule is O=C(/C=C/c1cc(Cl)ccc1-n1cnnn1)N[C@@H](Cc1ccccc1)C(=O)Nc1ccc(NC(=O)N2CCCC(C(=O)O)C2)cc1. The highest BCUT2D eigenvalue weighted by molar-refractivity contribution is 6.30. The van der Waals surface area contributed by atoms with Gasteiger partial charge < -0.3 is 26.0 Å². The highest BCUT2D eigenvalue weighted by Crippen LogP contribution is 2.21. The van der Waals surface area contributed by atoms with Crippen LogP contribution in [-0.2, 0) is 20.8 Å². The number of hydrogen-bond acceptors (Lipinski definition) is 7. The van der Waals surface area contributed by atoms with E-state index in [0.29, 0.717) is 47.0 Å². The molecule has 46 heavy (non-hydrogen) atoms. The molecule has 0 radical (unpaired) electrons. The van der Waals surface area contributed by atoms with Crippen LogP contribution in [0.4, 0.5) is 16.2 Å². The fourth-order valence-corrected chi connectivity index (χ4v) is 5.20. The van der Waals surface area contributed by atoms with Gasteiger partial charge in [-0.05, 0) is 77.4 Å². The molecule has 0 saturated carbocycles. The Morgan fingerprint density at radius 1 is 1.00 bits per heavy atom.